The highest BCUT2D eigenvalue weighted by molar-refractivity contribution is 6.19. The highest BCUT2D eigenvalue weighted by Gasteiger charge is 2.06. The summed E-state index contributed by atoms with van der Waals surface area (Å²) in [5.74, 6) is 0.858. The molecular weight excluding hydrogens is 256 g/mol. The number of ketones is 1. The number of aryl methyl sites for hydroxylation is 1. The van der Waals surface area contributed by atoms with Gasteiger partial charge < -0.3 is 0 Å². The predicted molar refractivity (Wildman–Crippen MR) is 82.9 cm³/mol. The maximum Gasteiger partial charge on any atom is 0.133 e. The number of carbonyl (C=O) groups excluding carboxylic acids is 1. The molecule has 1 rings (SSSR count). The molecule has 0 N–H and O–H groups in total. The number of benzene rings is 1. The Bertz CT molecular complexity index is 423. The lowest BCUT2D eigenvalue weighted by atomic mass is 9.96. The molecule has 0 atom stereocenters. The van der Waals surface area contributed by atoms with E-state index in [1.807, 2.05) is 12.1 Å². The first-order valence-electron chi connectivity index (χ1n) is 6.98. The van der Waals surface area contributed by atoms with Gasteiger partial charge in [0, 0.05) is 18.7 Å². The average Bonchev–Trinajstić information content (AvgIpc) is 2.44. The maximum absolute atomic E-state index is 11.7. The van der Waals surface area contributed by atoms with Crippen molar-refractivity contribution in [3.8, 4) is 0 Å². The first kappa shape index (κ1) is 16.0. The molecule has 0 fully saturated rings. The molecule has 0 aliphatic heterocycles. The number of alkyl halides is 1. The summed E-state index contributed by atoms with van der Waals surface area (Å²) in [7, 11) is 0. The molecule has 0 amide bonds. The Hall–Kier alpha value is -1.08. The molecular formula is C17H23ClO. The van der Waals surface area contributed by atoms with Gasteiger partial charge >= 0.3 is 0 Å². The fourth-order valence-corrected chi connectivity index (χ4v) is 2.16. The van der Waals surface area contributed by atoms with Crippen molar-refractivity contribution in [2.45, 2.75) is 45.4 Å². The largest absolute Gasteiger partial charge is 0.300 e. The van der Waals surface area contributed by atoms with E-state index in [1.54, 1.807) is 0 Å². The number of hydrogen-bond acceptors (Lipinski definition) is 1. The second-order valence-electron chi connectivity index (χ2n) is 4.97. The first-order valence-corrected chi connectivity index (χ1v) is 7.52. The number of rotatable bonds is 9. The van der Waals surface area contributed by atoms with Crippen molar-refractivity contribution < 1.29 is 4.79 Å². The topological polar surface area (TPSA) is 17.1 Å². The summed E-state index contributed by atoms with van der Waals surface area (Å²) in [6.45, 7) is 6.06. The van der Waals surface area contributed by atoms with Crippen LogP contribution in [0.1, 0.15) is 43.7 Å². The van der Waals surface area contributed by atoms with Gasteiger partial charge in [-0.05, 0) is 30.4 Å². The van der Waals surface area contributed by atoms with Crippen molar-refractivity contribution in [1.29, 1.82) is 0 Å². The van der Waals surface area contributed by atoms with E-state index in [9.17, 15) is 4.79 Å². The van der Waals surface area contributed by atoms with Crippen molar-refractivity contribution in [2.24, 2.45) is 0 Å². The molecule has 0 saturated carbocycles. The minimum absolute atomic E-state index is 0.368. The fraction of sp³-hybridized carbons (Fsp3) is 0.471. The number of allylic oxidation sites excluding steroid dienone is 1. The van der Waals surface area contributed by atoms with E-state index in [1.165, 1.54) is 11.1 Å². The molecule has 0 heterocycles. The Balaban J connectivity index is 2.57. The van der Waals surface area contributed by atoms with Gasteiger partial charge in [0.1, 0.15) is 5.78 Å². The quantitative estimate of drug-likeness (QED) is 0.472. The van der Waals surface area contributed by atoms with Crippen LogP contribution in [0.2, 0.25) is 0 Å². The van der Waals surface area contributed by atoms with Crippen molar-refractivity contribution in [3.63, 3.8) is 0 Å². The third-order valence-electron chi connectivity index (χ3n) is 3.23. The zero-order valence-electron chi connectivity index (χ0n) is 11.8. The van der Waals surface area contributed by atoms with E-state index >= 15 is 0 Å². The number of hydrogen-bond donors (Lipinski definition) is 0. The molecule has 0 aliphatic carbocycles. The predicted octanol–water partition coefficient (Wildman–Crippen LogP) is 4.72. The standard InChI is InChI=1S/C17H23ClO/c1-3-4-9-17(19)11-10-15-7-5-6-8-16(15)12-14(2)13-18/h5-8H,2-4,9-13H2,1H3. The van der Waals surface area contributed by atoms with Crippen LogP contribution in [-0.4, -0.2) is 11.7 Å². The summed E-state index contributed by atoms with van der Waals surface area (Å²) in [4.78, 5) is 11.7. The Morgan fingerprint density at radius 3 is 2.53 bits per heavy atom. The van der Waals surface area contributed by atoms with Crippen LogP contribution in [0.3, 0.4) is 0 Å². The Morgan fingerprint density at radius 2 is 1.89 bits per heavy atom. The van der Waals surface area contributed by atoms with Crippen LogP contribution >= 0.6 is 11.6 Å². The Labute approximate surface area is 121 Å². The minimum atomic E-state index is 0.368. The summed E-state index contributed by atoms with van der Waals surface area (Å²) >= 11 is 5.79. The van der Waals surface area contributed by atoms with Crippen LogP contribution in [0.25, 0.3) is 0 Å². The van der Waals surface area contributed by atoms with Gasteiger partial charge in [-0.25, -0.2) is 0 Å². The molecule has 1 aromatic carbocycles. The van der Waals surface area contributed by atoms with Crippen molar-refractivity contribution in [2.75, 3.05) is 5.88 Å². The monoisotopic (exact) mass is 278 g/mol. The summed E-state index contributed by atoms with van der Waals surface area (Å²) < 4.78 is 0. The summed E-state index contributed by atoms with van der Waals surface area (Å²) in [5, 5.41) is 0. The molecule has 0 bridgehead atoms. The van der Waals surface area contributed by atoms with Gasteiger partial charge in [0.05, 0.1) is 0 Å². The third-order valence-corrected chi connectivity index (χ3v) is 3.61. The van der Waals surface area contributed by atoms with Crippen molar-refractivity contribution >= 4 is 17.4 Å². The van der Waals surface area contributed by atoms with Gasteiger partial charge in [-0.15, -0.1) is 11.6 Å². The Kier molecular flexibility index (Phi) is 7.50. The first-order chi connectivity index (χ1) is 9.17. The highest BCUT2D eigenvalue weighted by Crippen LogP contribution is 2.16. The van der Waals surface area contributed by atoms with E-state index in [0.29, 0.717) is 24.5 Å². The molecule has 2 heteroatoms. The molecule has 0 aromatic heterocycles. The van der Waals surface area contributed by atoms with Gasteiger partial charge in [-0.2, -0.15) is 0 Å². The zero-order chi connectivity index (χ0) is 14.1. The molecule has 0 aliphatic rings. The van der Waals surface area contributed by atoms with Gasteiger partial charge in [0.2, 0.25) is 0 Å². The van der Waals surface area contributed by atoms with Crippen LogP contribution < -0.4 is 0 Å². The van der Waals surface area contributed by atoms with E-state index in [4.69, 9.17) is 11.6 Å². The van der Waals surface area contributed by atoms with E-state index in [2.05, 4.69) is 25.6 Å². The second kappa shape index (κ2) is 8.92. The summed E-state index contributed by atoms with van der Waals surface area (Å²) in [5.41, 5.74) is 3.52. The molecule has 0 unspecified atom stereocenters. The van der Waals surface area contributed by atoms with Gasteiger partial charge in [-0.3, -0.25) is 4.79 Å². The molecule has 19 heavy (non-hydrogen) atoms. The van der Waals surface area contributed by atoms with Crippen molar-refractivity contribution in [1.82, 2.24) is 0 Å². The van der Waals surface area contributed by atoms with Gasteiger partial charge in [-0.1, -0.05) is 49.8 Å². The van der Waals surface area contributed by atoms with Crippen LogP contribution in [0, 0.1) is 0 Å². The molecule has 0 radical (unpaired) electrons. The Morgan fingerprint density at radius 1 is 1.21 bits per heavy atom. The molecule has 1 nitrogen and oxygen atoms in total. The van der Waals surface area contributed by atoms with Gasteiger partial charge in [0.15, 0.2) is 0 Å². The third kappa shape index (κ3) is 6.07. The maximum atomic E-state index is 11.7. The van der Waals surface area contributed by atoms with E-state index < -0.39 is 0 Å². The second-order valence-corrected chi connectivity index (χ2v) is 5.24. The smallest absolute Gasteiger partial charge is 0.133 e. The zero-order valence-corrected chi connectivity index (χ0v) is 12.5. The van der Waals surface area contributed by atoms with Crippen LogP contribution in [0.4, 0.5) is 0 Å². The highest BCUT2D eigenvalue weighted by atomic mass is 35.5. The molecule has 0 spiro atoms. The van der Waals surface area contributed by atoms with E-state index in [-0.39, 0.29) is 0 Å². The summed E-state index contributed by atoms with van der Waals surface area (Å²) in [6, 6.07) is 8.26. The summed E-state index contributed by atoms with van der Waals surface area (Å²) in [6.07, 6.45) is 5.08. The van der Waals surface area contributed by atoms with Crippen LogP contribution in [-0.2, 0) is 17.6 Å². The van der Waals surface area contributed by atoms with E-state index in [0.717, 1.165) is 31.3 Å². The molecule has 104 valence electrons. The number of halogens is 1. The lowest BCUT2D eigenvalue weighted by molar-refractivity contribution is -0.119. The van der Waals surface area contributed by atoms with Crippen molar-refractivity contribution in [3.05, 3.63) is 47.5 Å². The lowest BCUT2D eigenvalue weighted by Gasteiger charge is -2.09. The normalized spacial score (nSPS) is 10.4. The average molecular weight is 279 g/mol. The number of Topliss-reactive ketones (excluding diaryl/α,β-unsaturated/α-hetero) is 1. The lowest BCUT2D eigenvalue weighted by Crippen LogP contribution is -2.03. The SMILES string of the molecule is C=C(CCl)Cc1ccccc1CCC(=O)CCCC. The van der Waals surface area contributed by atoms with Crippen LogP contribution in [0.5, 0.6) is 0 Å². The fourth-order valence-electron chi connectivity index (χ4n) is 2.06. The minimum Gasteiger partial charge on any atom is -0.300 e. The molecule has 1 aromatic rings. The van der Waals surface area contributed by atoms with Gasteiger partial charge in [0.25, 0.3) is 0 Å². The molecule has 0 saturated heterocycles. The number of carbonyl (C=O) groups is 1. The van der Waals surface area contributed by atoms with Crippen LogP contribution in [0.15, 0.2) is 36.4 Å². The number of unbranched alkanes of at least 4 members (excludes halogenated alkanes) is 1.